The number of nitriles is 1. The Labute approximate surface area is 124 Å². The average Bonchev–Trinajstić information content (AvgIpc) is 2.54. The van der Waals surface area contributed by atoms with Crippen LogP contribution in [-0.2, 0) is 14.8 Å². The zero-order valence-corrected chi connectivity index (χ0v) is 12.6. The fraction of sp³-hybridized carbons (Fsp3) is 0.429. The third kappa shape index (κ3) is 3.23. The number of piperidine rings is 1. The third-order valence-electron chi connectivity index (χ3n) is 3.69. The zero-order valence-electron chi connectivity index (χ0n) is 11.7. The summed E-state index contributed by atoms with van der Waals surface area (Å²) >= 11 is 0. The van der Waals surface area contributed by atoms with Crippen LogP contribution in [0.15, 0.2) is 29.2 Å². The Bertz CT molecular complexity index is 654. The predicted octanol–water partition coefficient (Wildman–Crippen LogP) is 0.705. The lowest BCUT2D eigenvalue weighted by atomic mass is 9.97. The molecule has 1 heterocycles. The molecule has 0 aliphatic carbocycles. The molecule has 0 atom stereocenters. The van der Waals surface area contributed by atoms with E-state index >= 15 is 0 Å². The minimum Gasteiger partial charge on any atom is -0.359 e. The molecule has 1 amide bonds. The van der Waals surface area contributed by atoms with Crippen LogP contribution in [0.1, 0.15) is 18.4 Å². The van der Waals surface area contributed by atoms with Crippen LogP contribution >= 0.6 is 0 Å². The van der Waals surface area contributed by atoms with E-state index < -0.39 is 10.0 Å². The van der Waals surface area contributed by atoms with E-state index in [1.165, 1.54) is 28.6 Å². The van der Waals surface area contributed by atoms with E-state index in [4.69, 9.17) is 5.26 Å². The Hall–Kier alpha value is -1.91. The first kappa shape index (κ1) is 15.5. The van der Waals surface area contributed by atoms with Crippen LogP contribution in [0.4, 0.5) is 0 Å². The third-order valence-corrected chi connectivity index (χ3v) is 5.61. The van der Waals surface area contributed by atoms with Gasteiger partial charge < -0.3 is 5.32 Å². The summed E-state index contributed by atoms with van der Waals surface area (Å²) in [5.41, 5.74) is 0.423. The Balaban J connectivity index is 2.11. The van der Waals surface area contributed by atoms with Crippen molar-refractivity contribution in [3.05, 3.63) is 29.8 Å². The van der Waals surface area contributed by atoms with Gasteiger partial charge in [-0.05, 0) is 37.1 Å². The maximum absolute atomic E-state index is 12.5. The summed E-state index contributed by atoms with van der Waals surface area (Å²) in [5.74, 6) is -0.159. The molecular formula is C14H17N3O3S. The lowest BCUT2D eigenvalue weighted by Crippen LogP contribution is -2.42. The highest BCUT2D eigenvalue weighted by molar-refractivity contribution is 7.89. The normalized spacial score (nSPS) is 17.1. The first-order valence-electron chi connectivity index (χ1n) is 6.71. The Morgan fingerprint density at radius 2 is 1.86 bits per heavy atom. The van der Waals surface area contributed by atoms with Crippen LogP contribution in [0.3, 0.4) is 0 Å². The van der Waals surface area contributed by atoms with Gasteiger partial charge in [0.1, 0.15) is 0 Å². The van der Waals surface area contributed by atoms with Crippen molar-refractivity contribution in [3.8, 4) is 6.07 Å². The molecule has 0 radical (unpaired) electrons. The van der Waals surface area contributed by atoms with Crippen molar-refractivity contribution in [2.75, 3.05) is 20.1 Å². The van der Waals surface area contributed by atoms with Crippen LogP contribution in [0, 0.1) is 17.2 Å². The van der Waals surface area contributed by atoms with Gasteiger partial charge in [0.25, 0.3) is 0 Å². The second kappa shape index (κ2) is 6.24. The molecule has 1 saturated heterocycles. The van der Waals surface area contributed by atoms with Crippen LogP contribution in [0.2, 0.25) is 0 Å². The highest BCUT2D eigenvalue weighted by Crippen LogP contribution is 2.24. The fourth-order valence-corrected chi connectivity index (χ4v) is 3.88. The number of hydrogen-bond acceptors (Lipinski definition) is 4. The molecule has 1 aliphatic heterocycles. The molecule has 1 aliphatic rings. The van der Waals surface area contributed by atoms with Crippen LogP contribution < -0.4 is 5.32 Å². The number of carbonyl (C=O) groups is 1. The molecule has 1 N–H and O–H groups in total. The molecule has 0 bridgehead atoms. The van der Waals surface area contributed by atoms with Crippen LogP contribution in [-0.4, -0.2) is 38.8 Å². The maximum Gasteiger partial charge on any atom is 0.243 e. The number of benzene rings is 1. The minimum absolute atomic E-state index is 0.0366. The van der Waals surface area contributed by atoms with Gasteiger partial charge in [-0.1, -0.05) is 0 Å². The summed E-state index contributed by atoms with van der Waals surface area (Å²) in [5, 5.41) is 11.3. The fourth-order valence-electron chi connectivity index (χ4n) is 2.41. The largest absolute Gasteiger partial charge is 0.359 e. The molecule has 0 spiro atoms. The van der Waals surface area contributed by atoms with Crippen LogP contribution in [0.5, 0.6) is 0 Å². The lowest BCUT2D eigenvalue weighted by molar-refractivity contribution is -0.125. The smallest absolute Gasteiger partial charge is 0.243 e. The number of sulfonamides is 1. The molecule has 0 unspecified atom stereocenters. The van der Waals surface area contributed by atoms with Gasteiger partial charge in [-0.3, -0.25) is 4.79 Å². The van der Waals surface area contributed by atoms with Gasteiger partial charge in [0.15, 0.2) is 0 Å². The first-order valence-corrected chi connectivity index (χ1v) is 8.15. The standard InChI is InChI=1S/C14H17N3O3S/c1-16-14(18)12-6-8-17(9-7-12)21(19,20)13-4-2-11(10-15)3-5-13/h2-5,12H,6-9H2,1H3,(H,16,18). The molecule has 112 valence electrons. The predicted molar refractivity (Wildman–Crippen MR) is 76.7 cm³/mol. The van der Waals surface area contributed by atoms with Crippen molar-refractivity contribution in [2.24, 2.45) is 5.92 Å². The summed E-state index contributed by atoms with van der Waals surface area (Å²) in [6.45, 7) is 0.668. The number of rotatable bonds is 3. The van der Waals surface area contributed by atoms with Crippen molar-refractivity contribution in [1.82, 2.24) is 9.62 Å². The van der Waals surface area contributed by atoms with Crippen molar-refractivity contribution < 1.29 is 13.2 Å². The molecule has 1 aromatic carbocycles. The Kier molecular flexibility index (Phi) is 4.60. The van der Waals surface area contributed by atoms with E-state index in [-0.39, 0.29) is 16.7 Å². The lowest BCUT2D eigenvalue weighted by Gasteiger charge is -2.30. The summed E-state index contributed by atoms with van der Waals surface area (Å²) in [7, 11) is -1.97. The number of nitrogens with zero attached hydrogens (tertiary/aromatic N) is 2. The number of amides is 1. The first-order chi connectivity index (χ1) is 9.98. The summed E-state index contributed by atoms with van der Waals surface area (Å²) in [6.07, 6.45) is 1.05. The molecule has 0 saturated carbocycles. The van der Waals surface area contributed by atoms with Crippen molar-refractivity contribution in [3.63, 3.8) is 0 Å². The SMILES string of the molecule is CNC(=O)C1CCN(S(=O)(=O)c2ccc(C#N)cc2)CC1. The van der Waals surface area contributed by atoms with Gasteiger partial charge in [0, 0.05) is 26.1 Å². The molecule has 7 heteroatoms. The minimum atomic E-state index is -3.55. The molecule has 0 aromatic heterocycles. The van der Waals surface area contributed by atoms with E-state index in [1.54, 1.807) is 7.05 Å². The maximum atomic E-state index is 12.5. The van der Waals surface area contributed by atoms with Gasteiger partial charge >= 0.3 is 0 Å². The van der Waals surface area contributed by atoms with Crippen LogP contribution in [0.25, 0.3) is 0 Å². The van der Waals surface area contributed by atoms with Gasteiger partial charge in [-0.2, -0.15) is 9.57 Å². The van der Waals surface area contributed by atoms with Crippen molar-refractivity contribution in [1.29, 1.82) is 5.26 Å². The Morgan fingerprint density at radius 1 is 1.29 bits per heavy atom. The zero-order chi connectivity index (χ0) is 15.5. The quantitative estimate of drug-likeness (QED) is 0.890. The van der Waals surface area contributed by atoms with Gasteiger partial charge in [-0.25, -0.2) is 8.42 Å². The summed E-state index contributed by atoms with van der Waals surface area (Å²) in [4.78, 5) is 11.7. The second-order valence-electron chi connectivity index (χ2n) is 4.93. The van der Waals surface area contributed by atoms with E-state index in [0.29, 0.717) is 31.5 Å². The van der Waals surface area contributed by atoms with Gasteiger partial charge in [-0.15, -0.1) is 0 Å². The summed E-state index contributed by atoms with van der Waals surface area (Å²) < 4.78 is 26.3. The molecule has 21 heavy (non-hydrogen) atoms. The topological polar surface area (TPSA) is 90.3 Å². The molecule has 6 nitrogen and oxygen atoms in total. The molecular weight excluding hydrogens is 290 g/mol. The van der Waals surface area contributed by atoms with Gasteiger partial charge in [0.05, 0.1) is 16.5 Å². The van der Waals surface area contributed by atoms with E-state index in [9.17, 15) is 13.2 Å². The van der Waals surface area contributed by atoms with Crippen molar-refractivity contribution in [2.45, 2.75) is 17.7 Å². The van der Waals surface area contributed by atoms with E-state index in [2.05, 4.69) is 5.32 Å². The summed E-state index contributed by atoms with van der Waals surface area (Å²) in [6, 6.07) is 7.82. The second-order valence-corrected chi connectivity index (χ2v) is 6.87. The van der Waals surface area contributed by atoms with E-state index in [0.717, 1.165) is 0 Å². The molecule has 1 fully saturated rings. The average molecular weight is 307 g/mol. The Morgan fingerprint density at radius 3 is 2.33 bits per heavy atom. The highest BCUT2D eigenvalue weighted by atomic mass is 32.2. The number of carbonyl (C=O) groups excluding carboxylic acids is 1. The number of nitrogens with one attached hydrogen (secondary N) is 1. The molecule has 1 aromatic rings. The monoisotopic (exact) mass is 307 g/mol. The highest BCUT2D eigenvalue weighted by Gasteiger charge is 2.31. The molecule has 2 rings (SSSR count). The number of hydrogen-bond donors (Lipinski definition) is 1. The van der Waals surface area contributed by atoms with E-state index in [1.807, 2.05) is 6.07 Å². The van der Waals surface area contributed by atoms with Crippen molar-refractivity contribution >= 4 is 15.9 Å². The van der Waals surface area contributed by atoms with Gasteiger partial charge in [0.2, 0.25) is 15.9 Å².